The van der Waals surface area contributed by atoms with Crippen LogP contribution in [0.4, 0.5) is 5.69 Å². The lowest BCUT2D eigenvalue weighted by Crippen LogP contribution is -2.32. The van der Waals surface area contributed by atoms with E-state index >= 15 is 0 Å². The molecule has 27 heavy (non-hydrogen) atoms. The third-order valence-electron chi connectivity index (χ3n) is 5.07. The molecule has 0 bridgehead atoms. The minimum absolute atomic E-state index is 0.0819. The molecule has 0 aliphatic carbocycles. The van der Waals surface area contributed by atoms with Crippen LogP contribution in [0.2, 0.25) is 0 Å². The highest BCUT2D eigenvalue weighted by molar-refractivity contribution is 5.96. The summed E-state index contributed by atoms with van der Waals surface area (Å²) in [5, 5.41) is 0. The quantitative estimate of drug-likeness (QED) is 0.564. The van der Waals surface area contributed by atoms with Gasteiger partial charge in [-0.2, -0.15) is 0 Å². The van der Waals surface area contributed by atoms with Crippen molar-refractivity contribution in [2.45, 2.75) is 13.0 Å². The van der Waals surface area contributed by atoms with E-state index in [0.29, 0.717) is 0 Å². The van der Waals surface area contributed by atoms with Crippen LogP contribution in [0, 0.1) is 0 Å². The Morgan fingerprint density at radius 2 is 1.74 bits per heavy atom. The summed E-state index contributed by atoms with van der Waals surface area (Å²) < 4.78 is 2.01. The zero-order valence-electron chi connectivity index (χ0n) is 14.7. The Bertz CT molecular complexity index is 1130. The lowest BCUT2D eigenvalue weighted by Gasteiger charge is -2.19. The van der Waals surface area contributed by atoms with E-state index in [1.54, 1.807) is 12.4 Å². The molecule has 0 atom stereocenters. The van der Waals surface area contributed by atoms with Crippen molar-refractivity contribution in [3.8, 4) is 11.4 Å². The summed E-state index contributed by atoms with van der Waals surface area (Å²) >= 11 is 0. The van der Waals surface area contributed by atoms with Crippen LogP contribution in [0.15, 0.2) is 73.1 Å². The maximum Gasteiger partial charge on any atom is 0.247 e. The van der Waals surface area contributed by atoms with E-state index in [1.165, 1.54) is 5.56 Å². The fourth-order valence-corrected chi connectivity index (χ4v) is 3.77. The Balaban J connectivity index is 1.56. The number of para-hydroxylation sites is 3. The van der Waals surface area contributed by atoms with Crippen LogP contribution in [0.3, 0.4) is 0 Å². The number of amides is 1. The standard InChI is InChI=1S/C22H18N4O/c27-21(25-14-11-16-5-1-3-7-19(16)25)15-26-20-8-4-2-6-18(20)24-22(26)17-9-12-23-13-10-17/h1-10,12-13H,11,14-15H2. The third kappa shape index (κ3) is 2.68. The van der Waals surface area contributed by atoms with Crippen LogP contribution in [-0.4, -0.2) is 27.0 Å². The molecule has 2 aromatic heterocycles. The number of hydrogen-bond donors (Lipinski definition) is 0. The first-order chi connectivity index (χ1) is 13.3. The number of anilines is 1. The number of carbonyl (C=O) groups excluding carboxylic acids is 1. The number of benzene rings is 2. The molecule has 0 radical (unpaired) electrons. The van der Waals surface area contributed by atoms with Crippen LogP contribution in [0.1, 0.15) is 5.56 Å². The summed E-state index contributed by atoms with van der Waals surface area (Å²) in [5.41, 5.74) is 5.06. The molecule has 1 aliphatic heterocycles. The van der Waals surface area contributed by atoms with Gasteiger partial charge >= 0.3 is 0 Å². The zero-order chi connectivity index (χ0) is 18.2. The predicted molar refractivity (Wildman–Crippen MR) is 105 cm³/mol. The molecular weight excluding hydrogens is 336 g/mol. The first-order valence-electron chi connectivity index (χ1n) is 9.05. The molecule has 0 saturated heterocycles. The molecule has 5 rings (SSSR count). The highest BCUT2D eigenvalue weighted by Crippen LogP contribution is 2.29. The molecule has 4 aromatic rings. The van der Waals surface area contributed by atoms with Crippen molar-refractivity contribution < 1.29 is 4.79 Å². The van der Waals surface area contributed by atoms with Gasteiger partial charge in [0.25, 0.3) is 0 Å². The number of aromatic nitrogens is 3. The van der Waals surface area contributed by atoms with Gasteiger partial charge in [0.15, 0.2) is 0 Å². The largest absolute Gasteiger partial charge is 0.314 e. The van der Waals surface area contributed by atoms with Crippen LogP contribution in [0.5, 0.6) is 0 Å². The van der Waals surface area contributed by atoms with E-state index in [9.17, 15) is 4.79 Å². The van der Waals surface area contributed by atoms with Crippen molar-refractivity contribution in [3.05, 3.63) is 78.6 Å². The van der Waals surface area contributed by atoms with E-state index in [2.05, 4.69) is 11.1 Å². The topological polar surface area (TPSA) is 51.0 Å². The minimum atomic E-state index is 0.0819. The molecular formula is C22H18N4O. The van der Waals surface area contributed by atoms with Gasteiger partial charge < -0.3 is 9.47 Å². The van der Waals surface area contributed by atoms with E-state index < -0.39 is 0 Å². The lowest BCUT2D eigenvalue weighted by atomic mass is 10.2. The second kappa shape index (κ2) is 6.36. The smallest absolute Gasteiger partial charge is 0.247 e. The van der Waals surface area contributed by atoms with Crippen molar-refractivity contribution in [3.63, 3.8) is 0 Å². The molecule has 3 heterocycles. The van der Waals surface area contributed by atoms with Gasteiger partial charge in [0.05, 0.1) is 11.0 Å². The third-order valence-corrected chi connectivity index (χ3v) is 5.07. The fourth-order valence-electron chi connectivity index (χ4n) is 3.77. The molecule has 0 spiro atoms. The summed E-state index contributed by atoms with van der Waals surface area (Å²) in [6.45, 7) is 0.988. The highest BCUT2D eigenvalue weighted by Gasteiger charge is 2.25. The second-order valence-corrected chi connectivity index (χ2v) is 6.67. The number of nitrogens with zero attached hydrogens (tertiary/aromatic N) is 4. The van der Waals surface area contributed by atoms with Gasteiger partial charge in [-0.05, 0) is 42.3 Å². The second-order valence-electron chi connectivity index (χ2n) is 6.67. The van der Waals surface area contributed by atoms with Crippen molar-refractivity contribution in [1.29, 1.82) is 0 Å². The molecule has 0 unspecified atom stereocenters. The Hall–Kier alpha value is -3.47. The minimum Gasteiger partial charge on any atom is -0.314 e. The molecule has 0 N–H and O–H groups in total. The SMILES string of the molecule is O=C(Cn1c(-c2ccncc2)nc2ccccc21)N1CCc2ccccc21. The van der Waals surface area contributed by atoms with Crippen LogP contribution in [-0.2, 0) is 17.8 Å². The van der Waals surface area contributed by atoms with Crippen molar-refractivity contribution >= 4 is 22.6 Å². The predicted octanol–water partition coefficient (Wildman–Crippen LogP) is 3.69. The summed E-state index contributed by atoms with van der Waals surface area (Å²) in [5.74, 6) is 0.873. The average Bonchev–Trinajstić information content (AvgIpc) is 3.31. The molecule has 5 nitrogen and oxygen atoms in total. The van der Waals surface area contributed by atoms with Crippen molar-refractivity contribution in [1.82, 2.24) is 14.5 Å². The summed E-state index contributed by atoms with van der Waals surface area (Å²) in [4.78, 5) is 23.9. The molecule has 132 valence electrons. The van der Waals surface area contributed by atoms with Crippen molar-refractivity contribution in [2.24, 2.45) is 0 Å². The zero-order valence-corrected chi connectivity index (χ0v) is 14.7. The maximum absolute atomic E-state index is 13.2. The Kier molecular flexibility index (Phi) is 3.71. The average molecular weight is 354 g/mol. The number of pyridine rings is 1. The Morgan fingerprint density at radius 3 is 2.63 bits per heavy atom. The Labute approximate surface area is 156 Å². The van der Waals surface area contributed by atoms with E-state index in [1.807, 2.05) is 64.1 Å². The van der Waals surface area contributed by atoms with Crippen LogP contribution >= 0.6 is 0 Å². The maximum atomic E-state index is 13.2. The number of fused-ring (bicyclic) bond motifs is 2. The van der Waals surface area contributed by atoms with E-state index in [-0.39, 0.29) is 12.5 Å². The van der Waals surface area contributed by atoms with Gasteiger partial charge in [-0.1, -0.05) is 30.3 Å². The van der Waals surface area contributed by atoms with Gasteiger partial charge in [-0.25, -0.2) is 4.98 Å². The number of imidazole rings is 1. The molecule has 2 aromatic carbocycles. The summed E-state index contributed by atoms with van der Waals surface area (Å²) in [7, 11) is 0. The van der Waals surface area contributed by atoms with E-state index in [0.717, 1.165) is 41.1 Å². The Morgan fingerprint density at radius 1 is 0.963 bits per heavy atom. The van der Waals surface area contributed by atoms with Crippen molar-refractivity contribution in [2.75, 3.05) is 11.4 Å². The van der Waals surface area contributed by atoms with Gasteiger partial charge in [0, 0.05) is 30.2 Å². The monoisotopic (exact) mass is 354 g/mol. The van der Waals surface area contributed by atoms with Gasteiger partial charge in [-0.3, -0.25) is 9.78 Å². The number of rotatable bonds is 3. The highest BCUT2D eigenvalue weighted by atomic mass is 16.2. The lowest BCUT2D eigenvalue weighted by molar-refractivity contribution is -0.119. The number of hydrogen-bond acceptors (Lipinski definition) is 3. The van der Waals surface area contributed by atoms with Gasteiger partial charge in [0.2, 0.25) is 5.91 Å². The number of carbonyl (C=O) groups is 1. The van der Waals surface area contributed by atoms with Crippen LogP contribution in [0.25, 0.3) is 22.4 Å². The van der Waals surface area contributed by atoms with Gasteiger partial charge in [-0.15, -0.1) is 0 Å². The molecule has 0 saturated carbocycles. The molecule has 1 amide bonds. The first-order valence-corrected chi connectivity index (χ1v) is 9.05. The van der Waals surface area contributed by atoms with Gasteiger partial charge in [0.1, 0.15) is 12.4 Å². The van der Waals surface area contributed by atoms with Crippen LogP contribution < -0.4 is 4.90 Å². The molecule has 0 fully saturated rings. The fraction of sp³-hybridized carbons (Fsp3) is 0.136. The summed E-state index contributed by atoms with van der Waals surface area (Å²) in [6, 6.07) is 19.9. The molecule has 5 heteroatoms. The first kappa shape index (κ1) is 15.8. The normalized spacial score (nSPS) is 13.1. The summed E-state index contributed by atoms with van der Waals surface area (Å²) in [6.07, 6.45) is 4.40. The van der Waals surface area contributed by atoms with E-state index in [4.69, 9.17) is 4.98 Å². The molecule has 1 aliphatic rings.